The smallest absolute Gasteiger partial charge is 0.258 e. The maximum absolute atomic E-state index is 12.0. The molecule has 1 aliphatic carbocycles. The third-order valence-electron chi connectivity index (χ3n) is 4.18. The van der Waals surface area contributed by atoms with Gasteiger partial charge in [-0.3, -0.25) is 4.79 Å². The van der Waals surface area contributed by atoms with Crippen LogP contribution in [0.25, 0.3) is 0 Å². The molecule has 0 heterocycles. The highest BCUT2D eigenvalue weighted by molar-refractivity contribution is 6.30. The van der Waals surface area contributed by atoms with Gasteiger partial charge in [-0.25, -0.2) is 0 Å². The maximum Gasteiger partial charge on any atom is 0.258 e. The normalized spacial score (nSPS) is 14.2. The number of benzene rings is 2. The number of carbonyl (C=O) groups excluding carboxylic acids is 1. The Morgan fingerprint density at radius 3 is 2.70 bits per heavy atom. The minimum Gasteiger partial charge on any atom is -0.484 e. The van der Waals surface area contributed by atoms with E-state index in [2.05, 4.69) is 23.5 Å². The van der Waals surface area contributed by atoms with E-state index in [1.165, 1.54) is 24.0 Å². The molecule has 2 aromatic rings. The van der Waals surface area contributed by atoms with Crippen LogP contribution in [0.3, 0.4) is 0 Å². The van der Waals surface area contributed by atoms with Crippen LogP contribution in [0.15, 0.2) is 42.5 Å². The molecule has 0 aromatic heterocycles. The van der Waals surface area contributed by atoms with Crippen LogP contribution in [0.1, 0.15) is 36.1 Å². The molecule has 0 saturated carbocycles. The number of aryl methyl sites for hydroxylation is 2. The summed E-state index contributed by atoms with van der Waals surface area (Å²) in [4.78, 5) is 12.0. The van der Waals surface area contributed by atoms with E-state index in [9.17, 15) is 4.79 Å². The SMILES string of the molecule is CC(NC(=O)COc1ccc(Cl)cc1)c1ccc2c(c1)CCC2. The number of nitrogens with one attached hydrogen (secondary N) is 1. The first-order chi connectivity index (χ1) is 11.1. The number of carbonyl (C=O) groups is 1. The fourth-order valence-corrected chi connectivity index (χ4v) is 3.03. The van der Waals surface area contributed by atoms with Crippen molar-refractivity contribution in [2.45, 2.75) is 32.2 Å². The average Bonchev–Trinajstić information content (AvgIpc) is 3.02. The minimum atomic E-state index is -0.132. The largest absolute Gasteiger partial charge is 0.484 e. The third kappa shape index (κ3) is 4.05. The van der Waals surface area contributed by atoms with Crippen LogP contribution < -0.4 is 10.1 Å². The van der Waals surface area contributed by atoms with Gasteiger partial charge in [-0.2, -0.15) is 0 Å². The summed E-state index contributed by atoms with van der Waals surface area (Å²) in [6, 6.07) is 13.5. The van der Waals surface area contributed by atoms with Gasteiger partial charge in [-0.05, 0) is 67.1 Å². The van der Waals surface area contributed by atoms with Crippen LogP contribution in [0.5, 0.6) is 5.75 Å². The van der Waals surface area contributed by atoms with Crippen LogP contribution in [0.2, 0.25) is 5.02 Å². The molecule has 120 valence electrons. The summed E-state index contributed by atoms with van der Waals surface area (Å²) in [6.07, 6.45) is 3.54. The lowest BCUT2D eigenvalue weighted by molar-refractivity contribution is -0.123. The van der Waals surface area contributed by atoms with Gasteiger partial charge >= 0.3 is 0 Å². The van der Waals surface area contributed by atoms with E-state index in [-0.39, 0.29) is 18.6 Å². The summed E-state index contributed by atoms with van der Waals surface area (Å²) in [7, 11) is 0. The Kier molecular flexibility index (Phi) is 4.87. The van der Waals surface area contributed by atoms with Crippen LogP contribution in [0.4, 0.5) is 0 Å². The Hall–Kier alpha value is -2.00. The van der Waals surface area contributed by atoms with E-state index < -0.39 is 0 Å². The van der Waals surface area contributed by atoms with Crippen molar-refractivity contribution < 1.29 is 9.53 Å². The first kappa shape index (κ1) is 15.9. The Balaban J connectivity index is 1.54. The van der Waals surface area contributed by atoms with Crippen molar-refractivity contribution in [1.82, 2.24) is 5.32 Å². The second-order valence-corrected chi connectivity index (χ2v) is 6.35. The molecule has 23 heavy (non-hydrogen) atoms. The molecule has 0 fully saturated rings. The van der Waals surface area contributed by atoms with Crippen molar-refractivity contribution >= 4 is 17.5 Å². The van der Waals surface area contributed by atoms with Gasteiger partial charge in [0.15, 0.2) is 6.61 Å². The van der Waals surface area contributed by atoms with Crippen molar-refractivity contribution in [3.05, 3.63) is 64.2 Å². The Bertz CT molecular complexity index is 697. The highest BCUT2D eigenvalue weighted by atomic mass is 35.5. The molecular formula is C19H20ClNO2. The number of amides is 1. The lowest BCUT2D eigenvalue weighted by Gasteiger charge is -2.16. The molecule has 1 aliphatic rings. The molecule has 0 bridgehead atoms. The fraction of sp³-hybridized carbons (Fsp3) is 0.316. The van der Waals surface area contributed by atoms with Gasteiger partial charge in [0.05, 0.1) is 6.04 Å². The summed E-state index contributed by atoms with van der Waals surface area (Å²) in [5.74, 6) is 0.502. The highest BCUT2D eigenvalue weighted by Gasteiger charge is 2.15. The Labute approximate surface area is 141 Å². The molecule has 0 spiro atoms. The molecule has 1 N–H and O–H groups in total. The molecule has 2 aromatic carbocycles. The van der Waals surface area contributed by atoms with Gasteiger partial charge in [0.25, 0.3) is 5.91 Å². The lowest BCUT2D eigenvalue weighted by Crippen LogP contribution is -2.31. The van der Waals surface area contributed by atoms with E-state index in [1.54, 1.807) is 24.3 Å². The number of ether oxygens (including phenoxy) is 1. The summed E-state index contributed by atoms with van der Waals surface area (Å²) >= 11 is 5.82. The molecule has 1 atom stereocenters. The summed E-state index contributed by atoms with van der Waals surface area (Å²) in [6.45, 7) is 1.99. The van der Waals surface area contributed by atoms with Crippen molar-refractivity contribution in [2.75, 3.05) is 6.61 Å². The van der Waals surface area contributed by atoms with E-state index in [0.29, 0.717) is 10.8 Å². The van der Waals surface area contributed by atoms with E-state index in [4.69, 9.17) is 16.3 Å². The van der Waals surface area contributed by atoms with E-state index >= 15 is 0 Å². The van der Waals surface area contributed by atoms with Gasteiger partial charge in [-0.1, -0.05) is 29.8 Å². The van der Waals surface area contributed by atoms with E-state index in [1.807, 2.05) is 6.92 Å². The van der Waals surface area contributed by atoms with Gasteiger partial charge in [-0.15, -0.1) is 0 Å². The summed E-state index contributed by atoms with van der Waals surface area (Å²) in [5.41, 5.74) is 4.00. The maximum atomic E-state index is 12.0. The standard InChI is InChI=1S/C19H20ClNO2/c1-13(15-6-5-14-3-2-4-16(14)11-15)21-19(22)12-23-18-9-7-17(20)8-10-18/h5-11,13H,2-4,12H2,1H3,(H,21,22). The summed E-state index contributed by atoms with van der Waals surface area (Å²) in [5, 5.41) is 3.62. The van der Waals surface area contributed by atoms with Gasteiger partial charge in [0.2, 0.25) is 0 Å². The van der Waals surface area contributed by atoms with Crippen LogP contribution in [-0.2, 0) is 17.6 Å². The molecule has 1 unspecified atom stereocenters. The number of fused-ring (bicyclic) bond motifs is 1. The third-order valence-corrected chi connectivity index (χ3v) is 4.44. The number of halogens is 1. The molecule has 3 nitrogen and oxygen atoms in total. The second-order valence-electron chi connectivity index (χ2n) is 5.91. The van der Waals surface area contributed by atoms with Crippen molar-refractivity contribution in [2.24, 2.45) is 0 Å². The van der Waals surface area contributed by atoms with Crippen LogP contribution in [-0.4, -0.2) is 12.5 Å². The van der Waals surface area contributed by atoms with Gasteiger partial charge < -0.3 is 10.1 Å². The Morgan fingerprint density at radius 2 is 1.91 bits per heavy atom. The first-order valence-electron chi connectivity index (χ1n) is 7.91. The highest BCUT2D eigenvalue weighted by Crippen LogP contribution is 2.25. The van der Waals surface area contributed by atoms with Crippen molar-refractivity contribution in [3.8, 4) is 5.75 Å². The zero-order chi connectivity index (χ0) is 16.2. The first-order valence-corrected chi connectivity index (χ1v) is 8.29. The zero-order valence-corrected chi connectivity index (χ0v) is 13.9. The van der Waals surface area contributed by atoms with Gasteiger partial charge in [0, 0.05) is 5.02 Å². The topological polar surface area (TPSA) is 38.3 Å². The molecule has 4 heteroatoms. The van der Waals surface area contributed by atoms with Crippen molar-refractivity contribution in [3.63, 3.8) is 0 Å². The second kappa shape index (κ2) is 7.05. The number of hydrogen-bond acceptors (Lipinski definition) is 2. The fourth-order valence-electron chi connectivity index (χ4n) is 2.91. The monoisotopic (exact) mass is 329 g/mol. The van der Waals surface area contributed by atoms with Crippen LogP contribution >= 0.6 is 11.6 Å². The molecule has 0 aliphatic heterocycles. The average molecular weight is 330 g/mol. The molecule has 3 rings (SSSR count). The molecule has 0 saturated heterocycles. The van der Waals surface area contributed by atoms with Crippen molar-refractivity contribution in [1.29, 1.82) is 0 Å². The summed E-state index contributed by atoms with van der Waals surface area (Å²) < 4.78 is 5.46. The van der Waals surface area contributed by atoms with E-state index in [0.717, 1.165) is 12.0 Å². The minimum absolute atomic E-state index is 0.00306. The Morgan fingerprint density at radius 1 is 1.17 bits per heavy atom. The lowest BCUT2D eigenvalue weighted by atomic mass is 10.0. The number of rotatable bonds is 5. The predicted molar refractivity (Wildman–Crippen MR) is 92.0 cm³/mol. The quantitative estimate of drug-likeness (QED) is 0.897. The molecule has 0 radical (unpaired) electrons. The van der Waals surface area contributed by atoms with Gasteiger partial charge in [0.1, 0.15) is 5.75 Å². The zero-order valence-electron chi connectivity index (χ0n) is 13.1. The molecule has 1 amide bonds. The predicted octanol–water partition coefficient (Wildman–Crippen LogP) is 4.08. The molecular weight excluding hydrogens is 310 g/mol. The number of hydrogen-bond donors (Lipinski definition) is 1. The van der Waals surface area contributed by atoms with Crippen LogP contribution in [0, 0.1) is 0 Å².